The Morgan fingerprint density at radius 3 is 2.29 bits per heavy atom. The van der Waals surface area contributed by atoms with Crippen molar-refractivity contribution in [2.45, 2.75) is 38.2 Å². The van der Waals surface area contributed by atoms with E-state index >= 15 is 0 Å². The number of halogens is 2. The van der Waals surface area contributed by atoms with Gasteiger partial charge in [0.05, 0.1) is 6.10 Å². The van der Waals surface area contributed by atoms with Gasteiger partial charge in [0, 0.05) is 18.5 Å². The van der Waals surface area contributed by atoms with Gasteiger partial charge in [-0.25, -0.2) is 8.78 Å². The number of unbranched alkanes of at least 4 members (excludes halogenated alkanes) is 1. The molecule has 3 N–H and O–H groups in total. The summed E-state index contributed by atoms with van der Waals surface area (Å²) in [4.78, 5) is 0. The fraction of sp³-hybridized carbons (Fsp3) is 0.538. The summed E-state index contributed by atoms with van der Waals surface area (Å²) in [5.74, 6) is -1.69. The first-order valence-corrected chi connectivity index (χ1v) is 5.92. The molecule has 0 saturated heterocycles. The van der Waals surface area contributed by atoms with Crippen LogP contribution in [0.15, 0.2) is 18.2 Å². The predicted octanol–water partition coefficient (Wildman–Crippen LogP) is 2.56. The van der Waals surface area contributed by atoms with Crippen LogP contribution >= 0.6 is 0 Å². The minimum atomic E-state index is -0.652. The van der Waals surface area contributed by atoms with Gasteiger partial charge in [-0.2, -0.15) is 0 Å². The Kier molecular flexibility index (Phi) is 5.51. The van der Waals surface area contributed by atoms with E-state index in [0.29, 0.717) is 12.0 Å². The molecule has 0 amide bonds. The Labute approximate surface area is 100 Å². The first kappa shape index (κ1) is 14.1. The maximum atomic E-state index is 13.1. The molecule has 0 aliphatic rings. The van der Waals surface area contributed by atoms with Crippen LogP contribution in [0.4, 0.5) is 8.78 Å². The quantitative estimate of drug-likeness (QED) is 0.806. The average Bonchev–Trinajstić information content (AvgIpc) is 2.26. The molecule has 1 rings (SSSR count). The van der Waals surface area contributed by atoms with E-state index in [2.05, 4.69) is 0 Å². The molecule has 0 aliphatic heterocycles. The largest absolute Gasteiger partial charge is 0.392 e. The Morgan fingerprint density at radius 1 is 1.24 bits per heavy atom. The number of aliphatic hydroxyl groups excluding tert-OH is 1. The van der Waals surface area contributed by atoms with Crippen molar-refractivity contribution in [2.75, 3.05) is 6.54 Å². The Bertz CT molecular complexity index is 337. The SMILES string of the molecule is CCCCC(O)C(CN)c1cc(F)cc(F)c1. The van der Waals surface area contributed by atoms with E-state index in [9.17, 15) is 13.9 Å². The molecule has 2 nitrogen and oxygen atoms in total. The second-order valence-corrected chi connectivity index (χ2v) is 4.25. The Balaban J connectivity index is 2.84. The molecular weight excluding hydrogens is 224 g/mol. The highest BCUT2D eigenvalue weighted by molar-refractivity contribution is 5.23. The minimum absolute atomic E-state index is 0.174. The number of hydrogen-bond acceptors (Lipinski definition) is 2. The van der Waals surface area contributed by atoms with Crippen LogP contribution in [-0.2, 0) is 0 Å². The van der Waals surface area contributed by atoms with Gasteiger partial charge in [0.1, 0.15) is 11.6 Å². The van der Waals surface area contributed by atoms with Crippen molar-refractivity contribution in [3.05, 3.63) is 35.4 Å². The number of benzene rings is 1. The average molecular weight is 243 g/mol. The lowest BCUT2D eigenvalue weighted by molar-refractivity contribution is 0.133. The molecule has 1 aromatic rings. The number of rotatable bonds is 6. The number of aliphatic hydroxyl groups is 1. The molecule has 0 radical (unpaired) electrons. The molecule has 96 valence electrons. The van der Waals surface area contributed by atoms with Gasteiger partial charge < -0.3 is 10.8 Å². The molecule has 17 heavy (non-hydrogen) atoms. The minimum Gasteiger partial charge on any atom is -0.392 e. The molecule has 0 heterocycles. The second kappa shape index (κ2) is 6.67. The highest BCUT2D eigenvalue weighted by Gasteiger charge is 2.20. The zero-order valence-corrected chi connectivity index (χ0v) is 10.00. The number of nitrogens with two attached hydrogens (primary N) is 1. The van der Waals surface area contributed by atoms with Crippen molar-refractivity contribution in [2.24, 2.45) is 5.73 Å². The van der Waals surface area contributed by atoms with Gasteiger partial charge in [0.15, 0.2) is 0 Å². The second-order valence-electron chi connectivity index (χ2n) is 4.25. The third-order valence-corrected chi connectivity index (χ3v) is 2.88. The molecule has 0 fully saturated rings. The summed E-state index contributed by atoms with van der Waals surface area (Å²) in [6, 6.07) is 3.28. The summed E-state index contributed by atoms with van der Waals surface area (Å²) in [7, 11) is 0. The van der Waals surface area contributed by atoms with Gasteiger partial charge in [0.25, 0.3) is 0 Å². The van der Waals surface area contributed by atoms with Gasteiger partial charge in [-0.05, 0) is 24.1 Å². The molecule has 0 aromatic heterocycles. The smallest absolute Gasteiger partial charge is 0.126 e. The van der Waals surface area contributed by atoms with E-state index < -0.39 is 23.7 Å². The maximum Gasteiger partial charge on any atom is 0.126 e. The van der Waals surface area contributed by atoms with Crippen LogP contribution in [0.3, 0.4) is 0 Å². The zero-order chi connectivity index (χ0) is 12.8. The molecule has 1 aromatic carbocycles. The summed E-state index contributed by atoms with van der Waals surface area (Å²) >= 11 is 0. The molecule has 0 spiro atoms. The van der Waals surface area contributed by atoms with Crippen LogP contribution in [0.25, 0.3) is 0 Å². The summed E-state index contributed by atoms with van der Waals surface area (Å²) in [5.41, 5.74) is 6.00. The van der Waals surface area contributed by atoms with Crippen molar-refractivity contribution >= 4 is 0 Å². The van der Waals surface area contributed by atoms with E-state index in [0.717, 1.165) is 18.9 Å². The van der Waals surface area contributed by atoms with E-state index in [-0.39, 0.29) is 6.54 Å². The Morgan fingerprint density at radius 2 is 1.82 bits per heavy atom. The molecule has 0 saturated carbocycles. The highest BCUT2D eigenvalue weighted by Crippen LogP contribution is 2.23. The van der Waals surface area contributed by atoms with E-state index in [1.165, 1.54) is 12.1 Å². The van der Waals surface area contributed by atoms with Crippen LogP contribution in [0.5, 0.6) is 0 Å². The van der Waals surface area contributed by atoms with Crippen molar-refractivity contribution < 1.29 is 13.9 Å². The van der Waals surface area contributed by atoms with Crippen LogP contribution in [0.2, 0.25) is 0 Å². The summed E-state index contributed by atoms with van der Waals surface area (Å²) in [6.45, 7) is 2.19. The molecular formula is C13H19F2NO. The normalized spacial score (nSPS) is 14.6. The number of hydrogen-bond donors (Lipinski definition) is 2. The van der Waals surface area contributed by atoms with E-state index in [1.54, 1.807) is 0 Å². The molecule has 0 bridgehead atoms. The van der Waals surface area contributed by atoms with Gasteiger partial charge in [-0.3, -0.25) is 0 Å². The van der Waals surface area contributed by atoms with Gasteiger partial charge in [-0.1, -0.05) is 19.8 Å². The lowest BCUT2D eigenvalue weighted by Gasteiger charge is -2.21. The van der Waals surface area contributed by atoms with Gasteiger partial charge >= 0.3 is 0 Å². The third kappa shape index (κ3) is 4.06. The maximum absolute atomic E-state index is 13.1. The zero-order valence-electron chi connectivity index (χ0n) is 10.00. The van der Waals surface area contributed by atoms with Crippen molar-refractivity contribution in [1.29, 1.82) is 0 Å². The lowest BCUT2D eigenvalue weighted by atomic mass is 9.90. The predicted molar refractivity (Wildman–Crippen MR) is 63.7 cm³/mol. The standard InChI is InChI=1S/C13H19F2NO/c1-2-3-4-13(17)12(8-16)9-5-10(14)7-11(15)6-9/h5-7,12-13,17H,2-4,8,16H2,1H3. The van der Waals surface area contributed by atoms with Crippen molar-refractivity contribution in [3.63, 3.8) is 0 Å². The first-order chi connectivity index (χ1) is 8.08. The fourth-order valence-corrected chi connectivity index (χ4v) is 1.92. The first-order valence-electron chi connectivity index (χ1n) is 5.92. The van der Waals surface area contributed by atoms with Crippen molar-refractivity contribution in [3.8, 4) is 0 Å². The molecule has 4 heteroatoms. The van der Waals surface area contributed by atoms with E-state index in [1.807, 2.05) is 6.92 Å². The van der Waals surface area contributed by atoms with Crippen LogP contribution in [-0.4, -0.2) is 17.8 Å². The fourth-order valence-electron chi connectivity index (χ4n) is 1.92. The lowest BCUT2D eigenvalue weighted by Crippen LogP contribution is -2.26. The van der Waals surface area contributed by atoms with Crippen LogP contribution < -0.4 is 5.73 Å². The van der Waals surface area contributed by atoms with Gasteiger partial charge in [0.2, 0.25) is 0 Å². The molecule has 2 unspecified atom stereocenters. The third-order valence-electron chi connectivity index (χ3n) is 2.88. The van der Waals surface area contributed by atoms with Crippen LogP contribution in [0, 0.1) is 11.6 Å². The summed E-state index contributed by atoms with van der Waals surface area (Å²) in [5, 5.41) is 9.95. The Hall–Kier alpha value is -1.00. The monoisotopic (exact) mass is 243 g/mol. The summed E-state index contributed by atoms with van der Waals surface area (Å²) < 4.78 is 26.2. The van der Waals surface area contributed by atoms with Gasteiger partial charge in [-0.15, -0.1) is 0 Å². The topological polar surface area (TPSA) is 46.2 Å². The van der Waals surface area contributed by atoms with Crippen LogP contribution in [0.1, 0.15) is 37.7 Å². The van der Waals surface area contributed by atoms with Crippen molar-refractivity contribution in [1.82, 2.24) is 0 Å². The highest BCUT2D eigenvalue weighted by atomic mass is 19.1. The molecule has 2 atom stereocenters. The van der Waals surface area contributed by atoms with E-state index in [4.69, 9.17) is 5.73 Å². The molecule has 0 aliphatic carbocycles. The summed E-state index contributed by atoms with van der Waals surface area (Å²) in [6.07, 6.45) is 1.78.